The molecule has 0 spiro atoms. The molecule has 0 bridgehead atoms. The van der Waals surface area contributed by atoms with Crippen molar-refractivity contribution in [2.24, 2.45) is 0 Å². The standard InChI is InChI=1S/C9H15N3O2S/c1-8(4-7-15(2,13)14)12-9-10-5-3-6-11-9/h3,5-6,8H,4,7H2,1-2H3,(H,10,11,12). The van der Waals surface area contributed by atoms with E-state index in [0.717, 1.165) is 0 Å². The van der Waals surface area contributed by atoms with E-state index in [1.54, 1.807) is 18.5 Å². The molecule has 84 valence electrons. The number of nitrogens with one attached hydrogen (secondary N) is 1. The maximum atomic E-state index is 10.9. The van der Waals surface area contributed by atoms with E-state index < -0.39 is 9.84 Å². The van der Waals surface area contributed by atoms with Crippen molar-refractivity contribution in [3.8, 4) is 0 Å². The third kappa shape index (κ3) is 5.31. The molecular weight excluding hydrogens is 214 g/mol. The van der Waals surface area contributed by atoms with E-state index in [1.165, 1.54) is 6.26 Å². The van der Waals surface area contributed by atoms with Gasteiger partial charge in [-0.1, -0.05) is 0 Å². The van der Waals surface area contributed by atoms with Crippen LogP contribution in [0.1, 0.15) is 13.3 Å². The van der Waals surface area contributed by atoms with Gasteiger partial charge in [-0.3, -0.25) is 0 Å². The van der Waals surface area contributed by atoms with E-state index >= 15 is 0 Å². The molecule has 0 amide bonds. The molecule has 5 nitrogen and oxygen atoms in total. The van der Waals surface area contributed by atoms with Crippen molar-refractivity contribution >= 4 is 15.8 Å². The first-order valence-electron chi connectivity index (χ1n) is 4.68. The Hall–Kier alpha value is -1.17. The highest BCUT2D eigenvalue weighted by atomic mass is 32.2. The van der Waals surface area contributed by atoms with Crippen LogP contribution < -0.4 is 5.32 Å². The molecule has 1 heterocycles. The van der Waals surface area contributed by atoms with Gasteiger partial charge in [-0.05, 0) is 19.4 Å². The summed E-state index contributed by atoms with van der Waals surface area (Å²) >= 11 is 0. The zero-order chi connectivity index (χ0) is 11.3. The van der Waals surface area contributed by atoms with Gasteiger partial charge in [-0.25, -0.2) is 18.4 Å². The molecule has 0 aliphatic carbocycles. The van der Waals surface area contributed by atoms with Gasteiger partial charge in [0, 0.05) is 24.7 Å². The van der Waals surface area contributed by atoms with Crippen LogP contribution in [0.25, 0.3) is 0 Å². The third-order valence-corrected chi connectivity index (χ3v) is 2.84. The van der Waals surface area contributed by atoms with Crippen molar-refractivity contribution in [2.75, 3.05) is 17.3 Å². The first-order valence-corrected chi connectivity index (χ1v) is 6.75. The van der Waals surface area contributed by atoms with Gasteiger partial charge in [-0.2, -0.15) is 0 Å². The number of nitrogens with zero attached hydrogens (tertiary/aromatic N) is 2. The molecule has 0 aliphatic rings. The predicted octanol–water partition coefficient (Wildman–Crippen LogP) is 0.712. The van der Waals surface area contributed by atoms with Gasteiger partial charge in [0.2, 0.25) is 5.95 Å². The van der Waals surface area contributed by atoms with Crippen LogP contribution in [0.5, 0.6) is 0 Å². The lowest BCUT2D eigenvalue weighted by Gasteiger charge is -2.12. The number of hydrogen-bond acceptors (Lipinski definition) is 5. The molecule has 15 heavy (non-hydrogen) atoms. The molecule has 1 aromatic heterocycles. The van der Waals surface area contributed by atoms with Gasteiger partial charge in [0.05, 0.1) is 5.75 Å². The van der Waals surface area contributed by atoms with Gasteiger partial charge in [0.1, 0.15) is 9.84 Å². The van der Waals surface area contributed by atoms with Crippen molar-refractivity contribution in [2.45, 2.75) is 19.4 Å². The first-order chi connectivity index (χ1) is 6.97. The lowest BCUT2D eigenvalue weighted by atomic mass is 10.3. The number of sulfone groups is 1. The molecule has 1 atom stereocenters. The topological polar surface area (TPSA) is 72.0 Å². The Morgan fingerprint density at radius 1 is 1.40 bits per heavy atom. The largest absolute Gasteiger partial charge is 0.352 e. The Bertz CT molecular complexity index is 391. The summed E-state index contributed by atoms with van der Waals surface area (Å²) in [5.74, 6) is 0.701. The molecular formula is C9H15N3O2S. The monoisotopic (exact) mass is 229 g/mol. The van der Waals surface area contributed by atoms with E-state index in [1.807, 2.05) is 6.92 Å². The minimum Gasteiger partial charge on any atom is -0.352 e. The van der Waals surface area contributed by atoms with Crippen molar-refractivity contribution in [1.82, 2.24) is 9.97 Å². The maximum absolute atomic E-state index is 10.9. The van der Waals surface area contributed by atoms with Crippen LogP contribution in [0.2, 0.25) is 0 Å². The highest BCUT2D eigenvalue weighted by molar-refractivity contribution is 7.90. The van der Waals surface area contributed by atoms with Gasteiger partial charge in [0.25, 0.3) is 0 Å². The average molecular weight is 229 g/mol. The number of hydrogen-bond donors (Lipinski definition) is 1. The smallest absolute Gasteiger partial charge is 0.222 e. The van der Waals surface area contributed by atoms with Gasteiger partial charge in [-0.15, -0.1) is 0 Å². The molecule has 0 saturated carbocycles. The van der Waals surface area contributed by atoms with E-state index in [0.29, 0.717) is 12.4 Å². The van der Waals surface area contributed by atoms with Crippen LogP contribution in [0.15, 0.2) is 18.5 Å². The van der Waals surface area contributed by atoms with Crippen molar-refractivity contribution < 1.29 is 8.42 Å². The van der Waals surface area contributed by atoms with Gasteiger partial charge < -0.3 is 5.32 Å². The number of anilines is 1. The van der Waals surface area contributed by atoms with Crippen molar-refractivity contribution in [3.63, 3.8) is 0 Å². The Kier molecular flexibility index (Phi) is 4.02. The van der Waals surface area contributed by atoms with E-state index in [4.69, 9.17) is 0 Å². The van der Waals surface area contributed by atoms with Crippen LogP contribution in [0.4, 0.5) is 5.95 Å². The van der Waals surface area contributed by atoms with Crippen LogP contribution in [0, 0.1) is 0 Å². The van der Waals surface area contributed by atoms with Gasteiger partial charge in [0.15, 0.2) is 0 Å². The summed E-state index contributed by atoms with van der Waals surface area (Å²) in [5, 5.41) is 3.03. The Balaban J connectivity index is 2.40. The summed E-state index contributed by atoms with van der Waals surface area (Å²) in [6, 6.07) is 1.77. The molecule has 6 heteroatoms. The summed E-state index contributed by atoms with van der Waals surface area (Å²) in [4.78, 5) is 7.98. The molecule has 0 saturated heterocycles. The lowest BCUT2D eigenvalue weighted by molar-refractivity contribution is 0.595. The van der Waals surface area contributed by atoms with Crippen LogP contribution in [0.3, 0.4) is 0 Å². The minimum atomic E-state index is -2.89. The quantitative estimate of drug-likeness (QED) is 0.805. The Labute approximate surface area is 89.9 Å². The van der Waals surface area contributed by atoms with Crippen molar-refractivity contribution in [1.29, 1.82) is 0 Å². The molecule has 1 N–H and O–H groups in total. The fourth-order valence-corrected chi connectivity index (χ4v) is 1.84. The van der Waals surface area contributed by atoms with Crippen LogP contribution >= 0.6 is 0 Å². The summed E-state index contributed by atoms with van der Waals surface area (Å²) in [7, 11) is -2.89. The highest BCUT2D eigenvalue weighted by Gasteiger charge is 2.08. The Morgan fingerprint density at radius 2 is 2.00 bits per heavy atom. The zero-order valence-corrected chi connectivity index (χ0v) is 9.66. The fourth-order valence-electron chi connectivity index (χ4n) is 1.06. The summed E-state index contributed by atoms with van der Waals surface area (Å²) < 4.78 is 21.9. The molecule has 1 aromatic rings. The Morgan fingerprint density at radius 3 is 2.53 bits per heavy atom. The second-order valence-corrected chi connectivity index (χ2v) is 5.80. The predicted molar refractivity (Wildman–Crippen MR) is 59.4 cm³/mol. The number of aromatic nitrogens is 2. The fraction of sp³-hybridized carbons (Fsp3) is 0.556. The zero-order valence-electron chi connectivity index (χ0n) is 8.84. The van der Waals surface area contributed by atoms with E-state index in [9.17, 15) is 8.42 Å². The van der Waals surface area contributed by atoms with E-state index in [-0.39, 0.29) is 11.8 Å². The third-order valence-electron chi connectivity index (χ3n) is 1.86. The summed E-state index contributed by atoms with van der Waals surface area (Å²) in [5.41, 5.74) is 0. The molecule has 0 radical (unpaired) electrons. The molecule has 1 unspecified atom stereocenters. The number of rotatable bonds is 5. The molecule has 0 aliphatic heterocycles. The summed E-state index contributed by atoms with van der Waals surface area (Å²) in [6.07, 6.45) is 5.06. The van der Waals surface area contributed by atoms with Crippen LogP contribution in [-0.4, -0.2) is 36.4 Å². The minimum absolute atomic E-state index is 0.0436. The second kappa shape index (κ2) is 5.06. The van der Waals surface area contributed by atoms with E-state index in [2.05, 4.69) is 15.3 Å². The second-order valence-electron chi connectivity index (χ2n) is 3.54. The normalized spacial score (nSPS) is 13.5. The lowest BCUT2D eigenvalue weighted by Crippen LogP contribution is -2.20. The van der Waals surface area contributed by atoms with Gasteiger partial charge >= 0.3 is 0 Å². The van der Waals surface area contributed by atoms with Crippen molar-refractivity contribution in [3.05, 3.63) is 18.5 Å². The first kappa shape index (κ1) is 11.9. The SMILES string of the molecule is CC(CCS(C)(=O)=O)Nc1ncccn1. The summed E-state index contributed by atoms with van der Waals surface area (Å²) in [6.45, 7) is 1.90. The molecule has 0 fully saturated rings. The maximum Gasteiger partial charge on any atom is 0.222 e. The van der Waals surface area contributed by atoms with Crippen LogP contribution in [-0.2, 0) is 9.84 Å². The molecule has 1 rings (SSSR count). The highest BCUT2D eigenvalue weighted by Crippen LogP contribution is 2.02. The molecule has 0 aromatic carbocycles. The average Bonchev–Trinajstić information content (AvgIpc) is 2.15.